The average Bonchev–Trinajstić information content (AvgIpc) is 2.72. The molecule has 1 aliphatic carbocycles. The van der Waals surface area contributed by atoms with E-state index in [9.17, 15) is 4.79 Å². The van der Waals surface area contributed by atoms with Crippen molar-refractivity contribution in [3.63, 3.8) is 0 Å². The Balaban J connectivity index is 1.79. The van der Waals surface area contributed by atoms with Gasteiger partial charge in [0.25, 0.3) is 0 Å². The summed E-state index contributed by atoms with van der Waals surface area (Å²) in [6.45, 7) is 4.87. The number of ketones is 1. The van der Waals surface area contributed by atoms with Crippen LogP contribution in [0.15, 0.2) is 54.6 Å². The summed E-state index contributed by atoms with van der Waals surface area (Å²) in [6.07, 6.45) is 3.49. The minimum Gasteiger partial charge on any atom is -0.379 e. The molecule has 0 spiro atoms. The lowest BCUT2D eigenvalue weighted by Crippen LogP contribution is -2.51. The number of carbonyl (C=O) groups excluding carboxylic acids is 1. The van der Waals surface area contributed by atoms with Gasteiger partial charge in [0.2, 0.25) is 0 Å². The van der Waals surface area contributed by atoms with Crippen molar-refractivity contribution in [1.29, 1.82) is 0 Å². The van der Waals surface area contributed by atoms with Crippen LogP contribution in [0.25, 0.3) is 0 Å². The van der Waals surface area contributed by atoms with Crippen molar-refractivity contribution in [1.82, 2.24) is 4.90 Å². The largest absolute Gasteiger partial charge is 0.379 e. The maximum Gasteiger partial charge on any atom is 0.147 e. The summed E-state index contributed by atoms with van der Waals surface area (Å²) in [4.78, 5) is 15.3. The summed E-state index contributed by atoms with van der Waals surface area (Å²) in [5.74, 6) is 0.839. The standard InChI is InChI=1S/C24H29NO2/c1-18(26)24(25-14-16-27-17-15-25)23(20-9-3-2-4-10-20)22-13-7-11-19-8-5-6-12-21(19)22/h2-6,8-10,12,22-24H,7,11,13-17H2,1H3. The van der Waals surface area contributed by atoms with Gasteiger partial charge < -0.3 is 4.74 Å². The second-order valence-electron chi connectivity index (χ2n) is 7.84. The highest BCUT2D eigenvalue weighted by molar-refractivity contribution is 5.83. The predicted octanol–water partition coefficient (Wildman–Crippen LogP) is 4.18. The number of hydrogen-bond acceptors (Lipinski definition) is 3. The topological polar surface area (TPSA) is 29.5 Å². The molecule has 2 aromatic rings. The van der Waals surface area contributed by atoms with E-state index in [-0.39, 0.29) is 17.7 Å². The van der Waals surface area contributed by atoms with Crippen LogP contribution in [-0.4, -0.2) is 43.0 Å². The molecule has 0 bridgehead atoms. The smallest absolute Gasteiger partial charge is 0.147 e. The number of rotatable bonds is 5. The van der Waals surface area contributed by atoms with E-state index in [4.69, 9.17) is 4.74 Å². The van der Waals surface area contributed by atoms with E-state index in [2.05, 4.69) is 59.5 Å². The SMILES string of the molecule is CC(=O)C(C(c1ccccc1)C1CCCc2ccccc21)N1CCOCC1. The van der Waals surface area contributed by atoms with E-state index in [1.807, 2.05) is 0 Å². The van der Waals surface area contributed by atoms with Gasteiger partial charge >= 0.3 is 0 Å². The summed E-state index contributed by atoms with van der Waals surface area (Å²) < 4.78 is 5.56. The first kappa shape index (κ1) is 18.4. The fourth-order valence-electron chi connectivity index (χ4n) is 5.07. The van der Waals surface area contributed by atoms with Gasteiger partial charge in [-0.2, -0.15) is 0 Å². The zero-order valence-electron chi connectivity index (χ0n) is 16.1. The number of ether oxygens (including phenoxy) is 1. The van der Waals surface area contributed by atoms with Crippen LogP contribution < -0.4 is 0 Å². The van der Waals surface area contributed by atoms with Crippen molar-refractivity contribution in [2.24, 2.45) is 0 Å². The zero-order chi connectivity index (χ0) is 18.6. The Hall–Kier alpha value is -1.97. The van der Waals surface area contributed by atoms with E-state index in [0.29, 0.717) is 19.1 Å². The summed E-state index contributed by atoms with van der Waals surface area (Å²) in [6, 6.07) is 19.4. The fourth-order valence-corrected chi connectivity index (χ4v) is 5.07. The van der Waals surface area contributed by atoms with E-state index in [0.717, 1.165) is 25.9 Å². The Morgan fingerprint density at radius 3 is 2.48 bits per heavy atom. The van der Waals surface area contributed by atoms with Gasteiger partial charge in [0.15, 0.2) is 0 Å². The van der Waals surface area contributed by atoms with Crippen LogP contribution in [0.4, 0.5) is 0 Å². The molecule has 142 valence electrons. The molecule has 3 heteroatoms. The van der Waals surface area contributed by atoms with Crippen LogP contribution in [0.2, 0.25) is 0 Å². The van der Waals surface area contributed by atoms with Gasteiger partial charge in [-0.3, -0.25) is 9.69 Å². The molecule has 1 fully saturated rings. The number of nitrogens with zero attached hydrogens (tertiary/aromatic N) is 1. The number of carbonyl (C=O) groups is 1. The lowest BCUT2D eigenvalue weighted by atomic mass is 9.69. The second kappa shape index (κ2) is 8.37. The highest BCUT2D eigenvalue weighted by Gasteiger charge is 2.39. The monoisotopic (exact) mass is 363 g/mol. The molecule has 1 saturated heterocycles. The Kier molecular flexibility index (Phi) is 5.70. The van der Waals surface area contributed by atoms with Crippen LogP contribution in [0.1, 0.15) is 48.3 Å². The Bertz CT molecular complexity index is 767. The molecule has 1 aliphatic heterocycles. The predicted molar refractivity (Wildman–Crippen MR) is 108 cm³/mol. The molecule has 0 saturated carbocycles. The number of benzene rings is 2. The van der Waals surface area contributed by atoms with E-state index >= 15 is 0 Å². The van der Waals surface area contributed by atoms with Gasteiger partial charge in [0.1, 0.15) is 5.78 Å². The number of morpholine rings is 1. The van der Waals surface area contributed by atoms with E-state index in [1.165, 1.54) is 23.1 Å². The molecule has 2 aliphatic rings. The molecular formula is C24H29NO2. The highest BCUT2D eigenvalue weighted by atomic mass is 16.5. The summed E-state index contributed by atoms with van der Waals surface area (Å²) in [5, 5.41) is 0. The van der Waals surface area contributed by atoms with Gasteiger partial charge in [-0.05, 0) is 48.8 Å². The molecule has 0 aromatic heterocycles. The van der Waals surface area contributed by atoms with Gasteiger partial charge in [0, 0.05) is 19.0 Å². The number of aryl methyl sites for hydroxylation is 1. The minimum absolute atomic E-state index is 0.0903. The fraction of sp³-hybridized carbons (Fsp3) is 0.458. The third-order valence-electron chi connectivity index (χ3n) is 6.23. The van der Waals surface area contributed by atoms with Crippen LogP contribution in [0.3, 0.4) is 0 Å². The van der Waals surface area contributed by atoms with E-state index in [1.54, 1.807) is 6.92 Å². The first-order chi connectivity index (χ1) is 13.3. The molecule has 27 heavy (non-hydrogen) atoms. The molecule has 4 rings (SSSR count). The molecule has 3 atom stereocenters. The van der Waals surface area contributed by atoms with Crippen molar-refractivity contribution >= 4 is 5.78 Å². The van der Waals surface area contributed by atoms with Crippen LogP contribution in [0, 0.1) is 0 Å². The lowest BCUT2D eigenvalue weighted by molar-refractivity contribution is -0.125. The van der Waals surface area contributed by atoms with Crippen molar-refractivity contribution in [3.8, 4) is 0 Å². The Morgan fingerprint density at radius 2 is 1.74 bits per heavy atom. The van der Waals surface area contributed by atoms with Crippen molar-refractivity contribution in [2.75, 3.05) is 26.3 Å². The summed E-state index contributed by atoms with van der Waals surface area (Å²) in [7, 11) is 0. The summed E-state index contributed by atoms with van der Waals surface area (Å²) in [5.41, 5.74) is 4.18. The Labute approximate surface area is 162 Å². The Morgan fingerprint density at radius 1 is 1.04 bits per heavy atom. The molecule has 3 unspecified atom stereocenters. The number of hydrogen-bond donors (Lipinski definition) is 0. The number of fused-ring (bicyclic) bond motifs is 1. The molecule has 1 heterocycles. The quantitative estimate of drug-likeness (QED) is 0.798. The molecule has 3 nitrogen and oxygen atoms in total. The van der Waals surface area contributed by atoms with Gasteiger partial charge in [-0.15, -0.1) is 0 Å². The van der Waals surface area contributed by atoms with Crippen molar-refractivity contribution in [3.05, 3.63) is 71.3 Å². The van der Waals surface area contributed by atoms with E-state index < -0.39 is 0 Å². The summed E-state index contributed by atoms with van der Waals surface area (Å²) >= 11 is 0. The van der Waals surface area contributed by atoms with Gasteiger partial charge in [-0.25, -0.2) is 0 Å². The zero-order valence-corrected chi connectivity index (χ0v) is 16.1. The second-order valence-corrected chi connectivity index (χ2v) is 7.84. The molecular weight excluding hydrogens is 334 g/mol. The van der Waals surface area contributed by atoms with Gasteiger partial charge in [0.05, 0.1) is 19.3 Å². The third kappa shape index (κ3) is 3.85. The van der Waals surface area contributed by atoms with Gasteiger partial charge in [-0.1, -0.05) is 54.6 Å². The highest BCUT2D eigenvalue weighted by Crippen LogP contribution is 2.44. The minimum atomic E-state index is -0.0903. The van der Waals surface area contributed by atoms with Crippen LogP contribution in [0.5, 0.6) is 0 Å². The van der Waals surface area contributed by atoms with Crippen molar-refractivity contribution in [2.45, 2.75) is 44.1 Å². The molecule has 0 radical (unpaired) electrons. The molecule has 2 aromatic carbocycles. The van der Waals surface area contributed by atoms with Crippen LogP contribution >= 0.6 is 0 Å². The first-order valence-electron chi connectivity index (χ1n) is 10.2. The van der Waals surface area contributed by atoms with Crippen molar-refractivity contribution < 1.29 is 9.53 Å². The lowest BCUT2D eigenvalue weighted by Gasteiger charge is -2.42. The maximum absolute atomic E-state index is 12.9. The number of Topliss-reactive ketones (excluding diaryl/α,β-unsaturated/α-hetero) is 1. The average molecular weight is 364 g/mol. The maximum atomic E-state index is 12.9. The first-order valence-corrected chi connectivity index (χ1v) is 10.2. The third-order valence-corrected chi connectivity index (χ3v) is 6.23. The molecule has 0 amide bonds. The van der Waals surface area contributed by atoms with Crippen LogP contribution in [-0.2, 0) is 16.0 Å². The molecule has 0 N–H and O–H groups in total. The normalized spacial score (nSPS) is 22.6.